The predicted molar refractivity (Wildman–Crippen MR) is 53.5 cm³/mol. The van der Waals surface area contributed by atoms with E-state index in [1.54, 1.807) is 0 Å². The van der Waals surface area contributed by atoms with E-state index in [-0.39, 0.29) is 0 Å². The quantitative estimate of drug-likeness (QED) is 0.685. The highest BCUT2D eigenvalue weighted by Crippen LogP contribution is 2.13. The van der Waals surface area contributed by atoms with Crippen molar-refractivity contribution in [1.29, 1.82) is 0 Å². The number of rotatable bonds is 2. The summed E-state index contributed by atoms with van der Waals surface area (Å²) >= 11 is 0. The third-order valence-corrected chi connectivity index (χ3v) is 2.69. The summed E-state index contributed by atoms with van der Waals surface area (Å²) in [7, 11) is 0. The molecule has 1 aliphatic heterocycles. The number of hydrogen-bond donors (Lipinski definition) is 0. The molecule has 0 N–H and O–H groups in total. The Morgan fingerprint density at radius 3 is 2.85 bits per heavy atom. The molecule has 1 aromatic heterocycles. The maximum Gasteiger partial charge on any atom is 0.0573 e. The van der Waals surface area contributed by atoms with Gasteiger partial charge < -0.3 is 0 Å². The maximum absolute atomic E-state index is 4.40. The minimum absolute atomic E-state index is 1.03. The van der Waals surface area contributed by atoms with Gasteiger partial charge in [0.05, 0.1) is 5.69 Å². The van der Waals surface area contributed by atoms with E-state index < -0.39 is 0 Å². The number of pyridine rings is 1. The van der Waals surface area contributed by atoms with Crippen molar-refractivity contribution in [2.75, 3.05) is 13.1 Å². The fraction of sp³-hybridized carbons (Fsp3) is 0.545. The molecule has 2 heteroatoms. The van der Waals surface area contributed by atoms with Crippen LogP contribution in [0, 0.1) is 6.92 Å². The summed E-state index contributed by atoms with van der Waals surface area (Å²) < 4.78 is 0. The summed E-state index contributed by atoms with van der Waals surface area (Å²) in [5.74, 6) is 0. The smallest absolute Gasteiger partial charge is 0.0573 e. The van der Waals surface area contributed by atoms with Crippen LogP contribution in [-0.4, -0.2) is 23.0 Å². The zero-order valence-corrected chi connectivity index (χ0v) is 8.16. The third-order valence-electron chi connectivity index (χ3n) is 2.69. The van der Waals surface area contributed by atoms with Gasteiger partial charge >= 0.3 is 0 Å². The first-order valence-electron chi connectivity index (χ1n) is 4.99. The molecule has 2 rings (SSSR count). The molecule has 0 aliphatic carbocycles. The molecule has 0 amide bonds. The Morgan fingerprint density at radius 2 is 2.15 bits per heavy atom. The minimum atomic E-state index is 1.03. The van der Waals surface area contributed by atoms with E-state index in [1.807, 2.05) is 12.3 Å². The topological polar surface area (TPSA) is 16.1 Å². The van der Waals surface area contributed by atoms with Gasteiger partial charge in [0.2, 0.25) is 0 Å². The lowest BCUT2D eigenvalue weighted by Crippen LogP contribution is -2.19. The van der Waals surface area contributed by atoms with E-state index in [1.165, 1.54) is 37.2 Å². The van der Waals surface area contributed by atoms with Gasteiger partial charge in [0, 0.05) is 12.7 Å². The Balaban J connectivity index is 2.04. The van der Waals surface area contributed by atoms with Crippen LogP contribution in [0.1, 0.15) is 24.1 Å². The minimum Gasteiger partial charge on any atom is -0.298 e. The summed E-state index contributed by atoms with van der Waals surface area (Å²) in [6.45, 7) is 5.66. The summed E-state index contributed by atoms with van der Waals surface area (Å²) in [5.41, 5.74) is 2.55. The van der Waals surface area contributed by atoms with Gasteiger partial charge in [-0.15, -0.1) is 0 Å². The van der Waals surface area contributed by atoms with Crippen molar-refractivity contribution in [3.05, 3.63) is 29.6 Å². The summed E-state index contributed by atoms with van der Waals surface area (Å²) in [5, 5.41) is 0. The molecule has 0 spiro atoms. The second kappa shape index (κ2) is 3.88. The van der Waals surface area contributed by atoms with Crippen molar-refractivity contribution < 1.29 is 0 Å². The van der Waals surface area contributed by atoms with Crippen molar-refractivity contribution >= 4 is 0 Å². The molecule has 1 saturated heterocycles. The SMILES string of the molecule is Cc1cccnc1CN1CCCC1. The molecule has 2 heterocycles. The highest BCUT2D eigenvalue weighted by atomic mass is 15.1. The van der Waals surface area contributed by atoms with Gasteiger partial charge in [-0.3, -0.25) is 9.88 Å². The average molecular weight is 176 g/mol. The maximum atomic E-state index is 4.40. The van der Waals surface area contributed by atoms with Crippen molar-refractivity contribution in [2.45, 2.75) is 26.3 Å². The molecule has 2 nitrogen and oxygen atoms in total. The summed E-state index contributed by atoms with van der Waals surface area (Å²) in [4.78, 5) is 6.88. The molecule has 0 radical (unpaired) electrons. The second-order valence-corrected chi connectivity index (χ2v) is 3.75. The average Bonchev–Trinajstić information content (AvgIpc) is 2.61. The van der Waals surface area contributed by atoms with Gasteiger partial charge in [-0.05, 0) is 44.5 Å². The molecule has 1 aromatic rings. The molecule has 0 saturated carbocycles. The molecule has 1 aliphatic rings. The lowest BCUT2D eigenvalue weighted by molar-refractivity contribution is 0.326. The van der Waals surface area contributed by atoms with E-state index in [9.17, 15) is 0 Å². The molecule has 70 valence electrons. The van der Waals surface area contributed by atoms with Crippen LogP contribution < -0.4 is 0 Å². The molecular weight excluding hydrogens is 160 g/mol. The lowest BCUT2D eigenvalue weighted by atomic mass is 10.2. The fourth-order valence-electron chi connectivity index (χ4n) is 1.84. The van der Waals surface area contributed by atoms with Crippen LogP contribution in [0.5, 0.6) is 0 Å². The van der Waals surface area contributed by atoms with E-state index >= 15 is 0 Å². The molecule has 13 heavy (non-hydrogen) atoms. The summed E-state index contributed by atoms with van der Waals surface area (Å²) in [6, 6.07) is 4.14. The van der Waals surface area contributed by atoms with Gasteiger partial charge in [0.25, 0.3) is 0 Å². The van der Waals surface area contributed by atoms with E-state index in [4.69, 9.17) is 0 Å². The van der Waals surface area contributed by atoms with Crippen LogP contribution in [0.15, 0.2) is 18.3 Å². The van der Waals surface area contributed by atoms with Crippen LogP contribution in [0.2, 0.25) is 0 Å². The monoisotopic (exact) mass is 176 g/mol. The Bertz CT molecular complexity index is 277. The second-order valence-electron chi connectivity index (χ2n) is 3.75. The van der Waals surface area contributed by atoms with Crippen LogP contribution >= 0.6 is 0 Å². The molecule has 0 unspecified atom stereocenters. The number of aromatic nitrogens is 1. The van der Waals surface area contributed by atoms with Gasteiger partial charge in [-0.25, -0.2) is 0 Å². The normalized spacial score (nSPS) is 17.9. The number of hydrogen-bond acceptors (Lipinski definition) is 2. The highest BCUT2D eigenvalue weighted by molar-refractivity contribution is 5.17. The standard InChI is InChI=1S/C11H16N2/c1-10-5-4-6-12-11(10)9-13-7-2-3-8-13/h4-6H,2-3,7-9H2,1H3. The Morgan fingerprint density at radius 1 is 1.38 bits per heavy atom. The van der Waals surface area contributed by atoms with Gasteiger partial charge in [-0.2, -0.15) is 0 Å². The molecule has 0 atom stereocenters. The summed E-state index contributed by atoms with van der Waals surface area (Å²) in [6.07, 6.45) is 4.59. The molecule has 1 fully saturated rings. The van der Waals surface area contributed by atoms with E-state index in [0.717, 1.165) is 6.54 Å². The van der Waals surface area contributed by atoms with Crippen LogP contribution in [0.3, 0.4) is 0 Å². The van der Waals surface area contributed by atoms with Gasteiger partial charge in [0.1, 0.15) is 0 Å². The first-order valence-corrected chi connectivity index (χ1v) is 4.99. The van der Waals surface area contributed by atoms with Gasteiger partial charge in [-0.1, -0.05) is 6.07 Å². The Hall–Kier alpha value is -0.890. The number of nitrogens with zero attached hydrogens (tertiary/aromatic N) is 2. The van der Waals surface area contributed by atoms with E-state index in [2.05, 4.69) is 22.9 Å². The predicted octanol–water partition coefficient (Wildman–Crippen LogP) is 1.99. The van der Waals surface area contributed by atoms with Crippen molar-refractivity contribution in [2.24, 2.45) is 0 Å². The van der Waals surface area contributed by atoms with Crippen LogP contribution in [0.4, 0.5) is 0 Å². The first kappa shape index (κ1) is 8.70. The van der Waals surface area contributed by atoms with Crippen molar-refractivity contribution in [1.82, 2.24) is 9.88 Å². The first-order chi connectivity index (χ1) is 6.36. The Kier molecular flexibility index (Phi) is 2.60. The lowest BCUT2D eigenvalue weighted by Gasteiger charge is -2.14. The fourth-order valence-corrected chi connectivity index (χ4v) is 1.84. The highest BCUT2D eigenvalue weighted by Gasteiger charge is 2.12. The van der Waals surface area contributed by atoms with Crippen LogP contribution in [0.25, 0.3) is 0 Å². The van der Waals surface area contributed by atoms with Crippen molar-refractivity contribution in [3.63, 3.8) is 0 Å². The largest absolute Gasteiger partial charge is 0.298 e. The number of likely N-dealkylation sites (tertiary alicyclic amines) is 1. The molecule has 0 aromatic carbocycles. The Labute approximate surface area is 79.6 Å². The number of aryl methyl sites for hydroxylation is 1. The molecule has 0 bridgehead atoms. The van der Waals surface area contributed by atoms with Gasteiger partial charge in [0.15, 0.2) is 0 Å². The van der Waals surface area contributed by atoms with E-state index in [0.29, 0.717) is 0 Å². The zero-order chi connectivity index (χ0) is 9.10. The zero-order valence-electron chi connectivity index (χ0n) is 8.16. The third kappa shape index (κ3) is 2.07. The van der Waals surface area contributed by atoms with Crippen molar-refractivity contribution in [3.8, 4) is 0 Å². The van der Waals surface area contributed by atoms with Crippen LogP contribution in [-0.2, 0) is 6.54 Å². The molecular formula is C11H16N2.